The van der Waals surface area contributed by atoms with Crippen LogP contribution in [-0.2, 0) is 0 Å². The van der Waals surface area contributed by atoms with Gasteiger partial charge >= 0.3 is 0 Å². The van der Waals surface area contributed by atoms with Gasteiger partial charge in [-0.25, -0.2) is 5.43 Å². The van der Waals surface area contributed by atoms with Gasteiger partial charge in [0, 0.05) is 15.6 Å². The van der Waals surface area contributed by atoms with Gasteiger partial charge in [-0.05, 0) is 59.6 Å². The summed E-state index contributed by atoms with van der Waals surface area (Å²) in [7, 11) is 0. The van der Waals surface area contributed by atoms with Crippen LogP contribution in [-0.4, -0.2) is 31.9 Å². The van der Waals surface area contributed by atoms with Gasteiger partial charge in [-0.2, -0.15) is 5.10 Å². The molecule has 0 saturated carbocycles. The van der Waals surface area contributed by atoms with Crippen molar-refractivity contribution in [1.82, 2.24) is 5.43 Å². The van der Waals surface area contributed by atoms with Crippen molar-refractivity contribution in [3.8, 4) is 17.2 Å². The fourth-order valence-corrected chi connectivity index (χ4v) is 3.82. The summed E-state index contributed by atoms with van der Waals surface area (Å²) in [5.41, 5.74) is 3.64. The number of amides is 1. The fraction of sp³-hybridized carbons (Fsp3) is 0.273. The van der Waals surface area contributed by atoms with Crippen LogP contribution in [0.4, 0.5) is 0 Å². The lowest BCUT2D eigenvalue weighted by Gasteiger charge is -2.12. The van der Waals surface area contributed by atoms with Crippen molar-refractivity contribution in [2.45, 2.75) is 20.3 Å². The van der Waals surface area contributed by atoms with E-state index in [1.807, 2.05) is 26.0 Å². The normalized spacial score (nSPS) is 10.7. The molecule has 2 aromatic carbocycles. The lowest BCUT2D eigenvalue weighted by molar-refractivity contribution is 0.0954. The summed E-state index contributed by atoms with van der Waals surface area (Å²) in [6.07, 6.45) is 4.06. The Bertz CT molecular complexity index is 916. The number of halogens is 2. The second-order valence-electron chi connectivity index (χ2n) is 6.05. The number of rotatable bonds is 11. The zero-order valence-electron chi connectivity index (χ0n) is 16.9. The molecule has 0 unspecified atom stereocenters. The van der Waals surface area contributed by atoms with Gasteiger partial charge in [0.15, 0.2) is 11.5 Å². The number of hydrazone groups is 1. The third-order valence-electron chi connectivity index (χ3n) is 3.72. The van der Waals surface area contributed by atoms with Crippen LogP contribution in [0.15, 0.2) is 57.0 Å². The highest BCUT2D eigenvalue weighted by Crippen LogP contribution is 2.32. The minimum absolute atomic E-state index is 0.347. The number of nitrogens with zero attached hydrogens (tertiary/aromatic N) is 1. The van der Waals surface area contributed by atoms with Gasteiger partial charge in [0.05, 0.1) is 23.9 Å². The average molecular weight is 540 g/mol. The summed E-state index contributed by atoms with van der Waals surface area (Å²) in [5.74, 6) is 1.38. The van der Waals surface area contributed by atoms with Crippen LogP contribution in [0.3, 0.4) is 0 Å². The Kier molecular flexibility index (Phi) is 9.89. The first-order valence-corrected chi connectivity index (χ1v) is 11.0. The van der Waals surface area contributed by atoms with Crippen molar-refractivity contribution in [3.63, 3.8) is 0 Å². The molecule has 0 fully saturated rings. The highest BCUT2D eigenvalue weighted by molar-refractivity contribution is 9.11. The molecule has 0 aliphatic heterocycles. The van der Waals surface area contributed by atoms with Crippen molar-refractivity contribution in [1.29, 1.82) is 0 Å². The third-order valence-corrected chi connectivity index (χ3v) is 4.77. The van der Waals surface area contributed by atoms with E-state index in [4.69, 9.17) is 14.2 Å². The predicted octanol–water partition coefficient (Wildman–Crippen LogP) is 5.73. The molecule has 6 nitrogen and oxygen atoms in total. The van der Waals surface area contributed by atoms with Crippen LogP contribution in [0.5, 0.6) is 17.2 Å². The molecule has 0 spiro atoms. The zero-order chi connectivity index (χ0) is 21.9. The first kappa shape index (κ1) is 24.0. The first-order valence-electron chi connectivity index (χ1n) is 9.45. The molecule has 30 heavy (non-hydrogen) atoms. The smallest absolute Gasteiger partial charge is 0.271 e. The van der Waals surface area contributed by atoms with Gasteiger partial charge in [-0.1, -0.05) is 35.5 Å². The maximum atomic E-state index is 12.5. The summed E-state index contributed by atoms with van der Waals surface area (Å²) in [6, 6.07) is 8.75. The van der Waals surface area contributed by atoms with Crippen molar-refractivity contribution in [2.24, 2.45) is 5.10 Å². The van der Waals surface area contributed by atoms with Crippen molar-refractivity contribution in [3.05, 3.63) is 63.1 Å². The molecule has 2 rings (SSSR count). The van der Waals surface area contributed by atoms with Crippen LogP contribution >= 0.6 is 31.9 Å². The summed E-state index contributed by atoms with van der Waals surface area (Å²) >= 11 is 6.91. The Morgan fingerprint density at radius 3 is 2.63 bits per heavy atom. The molecular weight excluding hydrogens is 516 g/mol. The molecule has 0 aromatic heterocycles. The molecular formula is C22H24Br2N2O4. The van der Waals surface area contributed by atoms with E-state index in [0.29, 0.717) is 48.2 Å². The highest BCUT2D eigenvalue weighted by atomic mass is 79.9. The van der Waals surface area contributed by atoms with E-state index in [1.165, 1.54) is 6.21 Å². The molecule has 160 valence electrons. The SMILES string of the molecule is C=CCOc1c(Br)cc(Br)cc1/C=N/NC(=O)c1ccc(OCCC)c(OCC)c1. The van der Waals surface area contributed by atoms with E-state index in [2.05, 4.69) is 49.0 Å². The molecule has 0 aliphatic carbocycles. The molecule has 0 bridgehead atoms. The Hall–Kier alpha value is -2.32. The number of carbonyl (C=O) groups is 1. The monoisotopic (exact) mass is 538 g/mol. The van der Waals surface area contributed by atoms with E-state index < -0.39 is 0 Å². The number of hydrogen-bond acceptors (Lipinski definition) is 5. The number of hydrogen-bond donors (Lipinski definition) is 1. The Morgan fingerprint density at radius 1 is 1.13 bits per heavy atom. The zero-order valence-corrected chi connectivity index (χ0v) is 20.1. The van der Waals surface area contributed by atoms with Crippen molar-refractivity contribution in [2.75, 3.05) is 19.8 Å². The van der Waals surface area contributed by atoms with Gasteiger partial charge < -0.3 is 14.2 Å². The number of ether oxygens (including phenoxy) is 3. The molecule has 2 aromatic rings. The lowest BCUT2D eigenvalue weighted by Crippen LogP contribution is -2.18. The summed E-state index contributed by atoms with van der Waals surface area (Å²) in [5, 5.41) is 4.07. The topological polar surface area (TPSA) is 69.2 Å². The van der Waals surface area contributed by atoms with Gasteiger partial charge in [0.1, 0.15) is 12.4 Å². The third kappa shape index (κ3) is 6.88. The average Bonchev–Trinajstić information content (AvgIpc) is 2.72. The number of nitrogens with one attached hydrogen (secondary N) is 1. The Morgan fingerprint density at radius 2 is 1.93 bits per heavy atom. The molecule has 0 radical (unpaired) electrons. The predicted molar refractivity (Wildman–Crippen MR) is 126 cm³/mol. The summed E-state index contributed by atoms with van der Waals surface area (Å²) in [4.78, 5) is 12.5. The number of carbonyl (C=O) groups excluding carboxylic acids is 1. The Balaban J connectivity index is 2.16. The second kappa shape index (κ2) is 12.4. The second-order valence-corrected chi connectivity index (χ2v) is 7.82. The van der Waals surface area contributed by atoms with Crippen LogP contribution in [0.2, 0.25) is 0 Å². The molecule has 1 N–H and O–H groups in total. The quantitative estimate of drug-likeness (QED) is 0.225. The summed E-state index contributed by atoms with van der Waals surface area (Å²) < 4.78 is 18.6. The molecule has 8 heteroatoms. The van der Waals surface area contributed by atoms with Gasteiger partial charge in [0.25, 0.3) is 5.91 Å². The molecule has 1 amide bonds. The fourth-order valence-electron chi connectivity index (χ4n) is 2.44. The maximum Gasteiger partial charge on any atom is 0.271 e. The van der Waals surface area contributed by atoms with Crippen molar-refractivity contribution >= 4 is 44.0 Å². The first-order chi connectivity index (χ1) is 14.5. The van der Waals surface area contributed by atoms with Crippen LogP contribution < -0.4 is 19.6 Å². The van der Waals surface area contributed by atoms with Gasteiger partial charge in [0.2, 0.25) is 0 Å². The maximum absolute atomic E-state index is 12.5. The molecule has 0 heterocycles. The highest BCUT2D eigenvalue weighted by Gasteiger charge is 2.12. The van der Waals surface area contributed by atoms with E-state index >= 15 is 0 Å². The van der Waals surface area contributed by atoms with Crippen LogP contribution in [0, 0.1) is 0 Å². The molecule has 0 saturated heterocycles. The van der Waals surface area contributed by atoms with Crippen LogP contribution in [0.25, 0.3) is 0 Å². The van der Waals surface area contributed by atoms with E-state index in [-0.39, 0.29) is 5.91 Å². The van der Waals surface area contributed by atoms with Crippen molar-refractivity contribution < 1.29 is 19.0 Å². The minimum atomic E-state index is -0.364. The number of benzene rings is 2. The van der Waals surface area contributed by atoms with E-state index in [1.54, 1.807) is 24.3 Å². The lowest BCUT2D eigenvalue weighted by atomic mass is 10.2. The van der Waals surface area contributed by atoms with E-state index in [9.17, 15) is 4.79 Å². The summed E-state index contributed by atoms with van der Waals surface area (Å²) in [6.45, 7) is 8.95. The minimum Gasteiger partial charge on any atom is -0.490 e. The molecule has 0 aliphatic rings. The van der Waals surface area contributed by atoms with Gasteiger partial charge in [-0.3, -0.25) is 4.79 Å². The van der Waals surface area contributed by atoms with E-state index in [0.717, 1.165) is 15.4 Å². The largest absolute Gasteiger partial charge is 0.490 e. The van der Waals surface area contributed by atoms with Gasteiger partial charge in [-0.15, -0.1) is 0 Å². The Labute approximate surface area is 193 Å². The standard InChI is InChI=1S/C22H24Br2N2O4/c1-4-9-29-19-8-7-15(12-20(19)28-6-3)22(27)26-25-14-16-11-17(23)13-18(24)21(16)30-10-5-2/h5,7-8,11-14H,2,4,6,9-10H2,1,3H3,(H,26,27)/b25-14+. The van der Waals surface area contributed by atoms with Crippen LogP contribution in [0.1, 0.15) is 36.2 Å². The molecule has 0 atom stereocenters.